The second-order valence-corrected chi connectivity index (χ2v) is 8.67. The van der Waals surface area contributed by atoms with Crippen LogP contribution in [-0.2, 0) is 4.79 Å². The zero-order valence-corrected chi connectivity index (χ0v) is 18.8. The van der Waals surface area contributed by atoms with E-state index in [1.165, 1.54) is 0 Å². The number of rotatable bonds is 6. The summed E-state index contributed by atoms with van der Waals surface area (Å²) in [6, 6.07) is 14.9. The SMILES string of the molecule is C[C@H](CN1CCN(c2cccccc2=O)CC1)N(C(=O)C1CC=CCC1)c1ccccn1. The molecule has 168 valence electrons. The monoisotopic (exact) mass is 432 g/mol. The van der Waals surface area contributed by atoms with Crippen LogP contribution in [0.3, 0.4) is 0 Å². The molecule has 0 spiro atoms. The molecule has 1 fully saturated rings. The van der Waals surface area contributed by atoms with Crippen molar-refractivity contribution in [3.05, 3.63) is 77.1 Å². The van der Waals surface area contributed by atoms with Gasteiger partial charge >= 0.3 is 0 Å². The molecule has 2 aliphatic rings. The highest BCUT2D eigenvalue weighted by Crippen LogP contribution is 2.25. The van der Waals surface area contributed by atoms with Gasteiger partial charge in [0.1, 0.15) is 5.82 Å². The van der Waals surface area contributed by atoms with Gasteiger partial charge in [-0.15, -0.1) is 0 Å². The Morgan fingerprint density at radius 2 is 1.84 bits per heavy atom. The van der Waals surface area contributed by atoms with Crippen LogP contribution in [-0.4, -0.2) is 54.6 Å². The third kappa shape index (κ3) is 5.25. The zero-order chi connectivity index (χ0) is 22.3. The van der Waals surface area contributed by atoms with Gasteiger partial charge in [0.2, 0.25) is 11.3 Å². The number of carbonyl (C=O) groups is 1. The van der Waals surface area contributed by atoms with Crippen molar-refractivity contribution in [3.8, 4) is 0 Å². The van der Waals surface area contributed by atoms with E-state index in [0.717, 1.165) is 63.5 Å². The van der Waals surface area contributed by atoms with E-state index in [1.54, 1.807) is 18.3 Å². The Balaban J connectivity index is 1.43. The molecule has 0 N–H and O–H groups in total. The Morgan fingerprint density at radius 1 is 1.06 bits per heavy atom. The molecular formula is C26H32N4O2. The first-order valence-corrected chi connectivity index (χ1v) is 11.6. The number of nitrogens with zero attached hydrogens (tertiary/aromatic N) is 4. The van der Waals surface area contributed by atoms with E-state index in [-0.39, 0.29) is 23.3 Å². The van der Waals surface area contributed by atoms with Gasteiger partial charge in [0.05, 0.1) is 5.69 Å². The quantitative estimate of drug-likeness (QED) is 0.656. The summed E-state index contributed by atoms with van der Waals surface area (Å²) in [7, 11) is 0. The highest BCUT2D eigenvalue weighted by atomic mass is 16.2. The van der Waals surface area contributed by atoms with Gasteiger partial charge in [0, 0.05) is 50.9 Å². The minimum Gasteiger partial charge on any atom is -0.366 e. The molecule has 2 aromatic rings. The van der Waals surface area contributed by atoms with Crippen LogP contribution in [0.25, 0.3) is 0 Å². The molecular weight excluding hydrogens is 400 g/mol. The van der Waals surface area contributed by atoms with Crippen molar-refractivity contribution in [2.45, 2.75) is 32.2 Å². The third-order valence-corrected chi connectivity index (χ3v) is 6.40. The van der Waals surface area contributed by atoms with E-state index in [0.29, 0.717) is 0 Å². The molecule has 0 saturated carbocycles. The van der Waals surface area contributed by atoms with E-state index < -0.39 is 0 Å². The van der Waals surface area contributed by atoms with Crippen molar-refractivity contribution in [1.29, 1.82) is 0 Å². The van der Waals surface area contributed by atoms with E-state index in [1.807, 2.05) is 41.3 Å². The maximum atomic E-state index is 13.5. The molecule has 4 rings (SSSR count). The fourth-order valence-corrected chi connectivity index (χ4v) is 4.68. The Bertz CT molecular complexity index is 986. The minimum absolute atomic E-state index is 0.0134. The average molecular weight is 433 g/mol. The molecule has 0 bridgehead atoms. The summed E-state index contributed by atoms with van der Waals surface area (Å²) >= 11 is 0. The van der Waals surface area contributed by atoms with Crippen LogP contribution in [0.4, 0.5) is 11.5 Å². The normalized spacial score (nSPS) is 20.0. The zero-order valence-electron chi connectivity index (χ0n) is 18.8. The number of hydrogen-bond donors (Lipinski definition) is 0. The summed E-state index contributed by atoms with van der Waals surface area (Å²) in [4.78, 5) is 36.8. The van der Waals surface area contributed by atoms with Crippen molar-refractivity contribution in [2.75, 3.05) is 42.5 Å². The van der Waals surface area contributed by atoms with Crippen LogP contribution in [0.15, 0.2) is 71.7 Å². The number of anilines is 2. The summed E-state index contributed by atoms with van der Waals surface area (Å²) in [5, 5.41) is 0. The molecule has 32 heavy (non-hydrogen) atoms. The Morgan fingerprint density at radius 3 is 2.56 bits per heavy atom. The standard InChI is InChI=1S/C26H32N4O2/c1-21(20-28-16-18-29(19-17-28)23-12-6-3-7-13-24(23)31)30(25-14-8-9-15-27-25)26(32)22-10-4-2-5-11-22/h2-4,6-9,12-15,21-22H,5,10-11,16-20H2,1H3/t21-,22?/m1/s1. The van der Waals surface area contributed by atoms with Crippen LogP contribution in [0.2, 0.25) is 0 Å². The molecule has 1 saturated heterocycles. The molecule has 6 heteroatoms. The molecule has 1 aliphatic carbocycles. The van der Waals surface area contributed by atoms with E-state index in [4.69, 9.17) is 0 Å². The maximum absolute atomic E-state index is 13.5. The summed E-state index contributed by atoms with van der Waals surface area (Å²) in [6.45, 7) is 6.22. The Kier molecular flexibility index (Phi) is 7.32. The highest BCUT2D eigenvalue weighted by molar-refractivity contribution is 5.95. The highest BCUT2D eigenvalue weighted by Gasteiger charge is 2.31. The van der Waals surface area contributed by atoms with Gasteiger partial charge in [-0.1, -0.05) is 36.4 Å². The first-order chi connectivity index (χ1) is 15.6. The molecule has 2 heterocycles. The Labute approximate surface area is 190 Å². The van der Waals surface area contributed by atoms with Gasteiger partial charge in [-0.2, -0.15) is 0 Å². The van der Waals surface area contributed by atoms with Crippen molar-refractivity contribution >= 4 is 17.4 Å². The summed E-state index contributed by atoms with van der Waals surface area (Å²) in [5.74, 6) is 0.925. The summed E-state index contributed by atoms with van der Waals surface area (Å²) in [6.07, 6.45) is 8.71. The van der Waals surface area contributed by atoms with E-state index in [9.17, 15) is 9.59 Å². The second-order valence-electron chi connectivity index (χ2n) is 8.67. The smallest absolute Gasteiger partial charge is 0.231 e. The number of allylic oxidation sites excluding steroid dienone is 2. The van der Waals surface area contributed by atoms with E-state index >= 15 is 0 Å². The second kappa shape index (κ2) is 10.6. The molecule has 0 radical (unpaired) electrons. The first kappa shape index (κ1) is 22.2. The third-order valence-electron chi connectivity index (χ3n) is 6.40. The van der Waals surface area contributed by atoms with E-state index in [2.05, 4.69) is 33.9 Å². The van der Waals surface area contributed by atoms with Gasteiger partial charge in [-0.3, -0.25) is 19.4 Å². The predicted octanol–water partition coefficient (Wildman–Crippen LogP) is 3.34. The van der Waals surface area contributed by atoms with Gasteiger partial charge in [-0.25, -0.2) is 4.98 Å². The lowest BCUT2D eigenvalue weighted by Gasteiger charge is -2.39. The fourth-order valence-electron chi connectivity index (χ4n) is 4.68. The maximum Gasteiger partial charge on any atom is 0.231 e. The topological polar surface area (TPSA) is 56.8 Å². The van der Waals surface area contributed by atoms with Crippen LogP contribution >= 0.6 is 0 Å². The number of amides is 1. The van der Waals surface area contributed by atoms with Crippen LogP contribution in [0.1, 0.15) is 26.2 Å². The van der Waals surface area contributed by atoms with Gasteiger partial charge < -0.3 is 4.90 Å². The number of pyridine rings is 1. The summed E-state index contributed by atoms with van der Waals surface area (Å²) < 4.78 is 0. The molecule has 1 unspecified atom stereocenters. The molecule has 1 amide bonds. The van der Waals surface area contributed by atoms with Gasteiger partial charge in [0.15, 0.2) is 0 Å². The van der Waals surface area contributed by atoms with Crippen molar-refractivity contribution in [2.24, 2.45) is 5.92 Å². The van der Waals surface area contributed by atoms with Gasteiger partial charge in [-0.05, 0) is 50.5 Å². The molecule has 1 aliphatic heterocycles. The summed E-state index contributed by atoms with van der Waals surface area (Å²) in [5.41, 5.74) is 0.823. The first-order valence-electron chi connectivity index (χ1n) is 11.6. The minimum atomic E-state index is 0.0134. The number of hydrogen-bond acceptors (Lipinski definition) is 5. The molecule has 6 nitrogen and oxygen atoms in total. The van der Waals surface area contributed by atoms with Crippen molar-refractivity contribution in [1.82, 2.24) is 9.88 Å². The molecule has 1 aromatic carbocycles. The molecule has 2 atom stereocenters. The lowest BCUT2D eigenvalue weighted by Crippen LogP contribution is -2.53. The van der Waals surface area contributed by atoms with Crippen LogP contribution in [0.5, 0.6) is 0 Å². The largest absolute Gasteiger partial charge is 0.366 e. The number of piperazine rings is 1. The number of aromatic nitrogens is 1. The van der Waals surface area contributed by atoms with Crippen molar-refractivity contribution < 1.29 is 4.79 Å². The lowest BCUT2D eigenvalue weighted by atomic mass is 9.92. The van der Waals surface area contributed by atoms with Crippen LogP contribution < -0.4 is 15.2 Å². The predicted molar refractivity (Wildman–Crippen MR) is 129 cm³/mol. The number of carbonyl (C=O) groups excluding carboxylic acids is 1. The Hall–Kier alpha value is -2.99. The van der Waals surface area contributed by atoms with Crippen molar-refractivity contribution in [3.63, 3.8) is 0 Å². The van der Waals surface area contributed by atoms with Gasteiger partial charge in [0.25, 0.3) is 0 Å². The molecule has 1 aromatic heterocycles. The lowest BCUT2D eigenvalue weighted by molar-refractivity contribution is -0.123. The average Bonchev–Trinajstić information content (AvgIpc) is 3.05. The fraction of sp³-hybridized carbons (Fsp3) is 0.423. The van der Waals surface area contributed by atoms with Crippen LogP contribution in [0, 0.1) is 5.92 Å².